The number of hydrogen-bond acceptors (Lipinski definition) is 6. The molecule has 1 heterocycles. The van der Waals surface area contributed by atoms with Gasteiger partial charge in [-0.15, -0.1) is 18.3 Å². The number of halogens is 3. The average molecular weight is 498 g/mol. The van der Waals surface area contributed by atoms with E-state index < -0.39 is 18.6 Å². The Morgan fingerprint density at radius 1 is 0.944 bits per heavy atom. The summed E-state index contributed by atoms with van der Waals surface area (Å²) >= 11 is 0. The maximum atomic E-state index is 12.3. The van der Waals surface area contributed by atoms with E-state index in [9.17, 15) is 18.0 Å². The Bertz CT molecular complexity index is 1310. The van der Waals surface area contributed by atoms with Crippen LogP contribution in [0, 0.1) is 0 Å². The van der Waals surface area contributed by atoms with Crippen LogP contribution in [-0.4, -0.2) is 34.3 Å². The van der Waals surface area contributed by atoms with Crippen LogP contribution in [0.25, 0.3) is 17.1 Å². The predicted octanol–water partition coefficient (Wildman–Crippen LogP) is 6.15. The van der Waals surface area contributed by atoms with E-state index in [1.165, 1.54) is 35.3 Å². The summed E-state index contributed by atoms with van der Waals surface area (Å²) in [5, 5.41) is 7.02. The third kappa shape index (κ3) is 6.32. The second-order valence-electron chi connectivity index (χ2n) is 7.58. The molecule has 1 unspecified atom stereocenters. The maximum Gasteiger partial charge on any atom is 0.573 e. The van der Waals surface area contributed by atoms with Gasteiger partial charge in [-0.05, 0) is 73.2 Å². The largest absolute Gasteiger partial charge is 0.573 e. The summed E-state index contributed by atoms with van der Waals surface area (Å²) in [6.07, 6.45) is -4.38. The summed E-state index contributed by atoms with van der Waals surface area (Å²) in [7, 11) is 1.58. The van der Waals surface area contributed by atoms with Gasteiger partial charge in [0.15, 0.2) is 5.82 Å². The van der Waals surface area contributed by atoms with Gasteiger partial charge < -0.3 is 14.2 Å². The summed E-state index contributed by atoms with van der Waals surface area (Å²) in [6.45, 7) is 1.77. The van der Waals surface area contributed by atoms with E-state index in [0.717, 1.165) is 5.56 Å². The number of benzene rings is 3. The second kappa shape index (κ2) is 10.4. The van der Waals surface area contributed by atoms with Crippen LogP contribution in [0.3, 0.4) is 0 Å². The number of alkyl halides is 3. The lowest BCUT2D eigenvalue weighted by Gasteiger charge is -2.14. The zero-order chi connectivity index (χ0) is 25.7. The minimum absolute atomic E-state index is 0.327. The SMILES string of the molecule is COc1ccc(C(C)OC(=O)Nc2ccc(-c3ncn(-c4ccc(OC(F)(F)F)cc4)n3)cc2)cc1. The second-order valence-corrected chi connectivity index (χ2v) is 7.58. The van der Waals surface area contributed by atoms with E-state index in [2.05, 4.69) is 20.1 Å². The fraction of sp³-hybridized carbons (Fsp3) is 0.160. The molecule has 11 heteroatoms. The van der Waals surface area contributed by atoms with Gasteiger partial charge in [-0.25, -0.2) is 14.5 Å². The molecule has 186 valence electrons. The molecule has 3 aromatic carbocycles. The van der Waals surface area contributed by atoms with Crippen molar-refractivity contribution in [3.05, 3.63) is 84.7 Å². The lowest BCUT2D eigenvalue weighted by Crippen LogP contribution is -2.17. The number of anilines is 1. The predicted molar refractivity (Wildman–Crippen MR) is 125 cm³/mol. The number of ether oxygens (including phenoxy) is 3. The lowest BCUT2D eigenvalue weighted by atomic mass is 10.1. The van der Waals surface area contributed by atoms with Crippen molar-refractivity contribution in [1.82, 2.24) is 14.8 Å². The van der Waals surface area contributed by atoms with Crippen LogP contribution in [0.15, 0.2) is 79.1 Å². The lowest BCUT2D eigenvalue weighted by molar-refractivity contribution is -0.274. The molecule has 36 heavy (non-hydrogen) atoms. The highest BCUT2D eigenvalue weighted by atomic mass is 19.4. The molecule has 1 atom stereocenters. The monoisotopic (exact) mass is 498 g/mol. The fourth-order valence-electron chi connectivity index (χ4n) is 3.27. The van der Waals surface area contributed by atoms with Crippen LogP contribution in [-0.2, 0) is 4.74 Å². The molecule has 0 spiro atoms. The van der Waals surface area contributed by atoms with Gasteiger partial charge >= 0.3 is 12.5 Å². The molecule has 0 aliphatic carbocycles. The van der Waals surface area contributed by atoms with Crippen LogP contribution >= 0.6 is 0 Å². The van der Waals surface area contributed by atoms with Gasteiger partial charge in [0.1, 0.15) is 23.9 Å². The van der Waals surface area contributed by atoms with Crippen LogP contribution in [0.5, 0.6) is 11.5 Å². The highest BCUT2D eigenvalue weighted by Gasteiger charge is 2.31. The summed E-state index contributed by atoms with van der Waals surface area (Å²) in [5.74, 6) is 0.780. The van der Waals surface area contributed by atoms with Gasteiger partial charge in [0.2, 0.25) is 0 Å². The quantitative estimate of drug-likeness (QED) is 0.329. The zero-order valence-electron chi connectivity index (χ0n) is 19.2. The molecule has 0 bridgehead atoms. The molecule has 1 aromatic heterocycles. The summed E-state index contributed by atoms with van der Waals surface area (Å²) in [5.41, 5.74) is 2.53. The molecule has 0 radical (unpaired) electrons. The van der Waals surface area contributed by atoms with Crippen molar-refractivity contribution in [2.45, 2.75) is 19.4 Å². The molecule has 1 N–H and O–H groups in total. The number of methoxy groups -OCH3 is 1. The van der Waals surface area contributed by atoms with Crippen molar-refractivity contribution >= 4 is 11.8 Å². The van der Waals surface area contributed by atoms with E-state index >= 15 is 0 Å². The first-order valence-corrected chi connectivity index (χ1v) is 10.7. The van der Waals surface area contributed by atoms with Crippen molar-refractivity contribution < 1.29 is 32.2 Å². The molecule has 0 saturated heterocycles. The van der Waals surface area contributed by atoms with E-state index in [1.54, 1.807) is 50.4 Å². The van der Waals surface area contributed by atoms with Crippen molar-refractivity contribution in [2.75, 3.05) is 12.4 Å². The van der Waals surface area contributed by atoms with E-state index in [1.807, 2.05) is 12.1 Å². The smallest absolute Gasteiger partial charge is 0.497 e. The average Bonchev–Trinajstić information content (AvgIpc) is 3.34. The van der Waals surface area contributed by atoms with Crippen molar-refractivity contribution in [1.29, 1.82) is 0 Å². The normalized spacial score (nSPS) is 12.0. The van der Waals surface area contributed by atoms with Gasteiger partial charge in [-0.3, -0.25) is 5.32 Å². The Hall–Kier alpha value is -4.54. The van der Waals surface area contributed by atoms with Gasteiger partial charge in [0, 0.05) is 11.3 Å². The van der Waals surface area contributed by atoms with Crippen LogP contribution < -0.4 is 14.8 Å². The number of carbonyl (C=O) groups excluding carboxylic acids is 1. The molecule has 0 fully saturated rings. The summed E-state index contributed by atoms with van der Waals surface area (Å²) < 4.78 is 52.8. The minimum Gasteiger partial charge on any atom is -0.497 e. The van der Waals surface area contributed by atoms with Crippen LogP contribution in [0.1, 0.15) is 18.6 Å². The van der Waals surface area contributed by atoms with E-state index in [-0.39, 0.29) is 5.75 Å². The van der Waals surface area contributed by atoms with Crippen molar-refractivity contribution in [3.63, 3.8) is 0 Å². The van der Waals surface area contributed by atoms with Crippen molar-refractivity contribution in [2.24, 2.45) is 0 Å². The highest BCUT2D eigenvalue weighted by molar-refractivity contribution is 5.85. The van der Waals surface area contributed by atoms with Gasteiger partial charge in [-0.1, -0.05) is 12.1 Å². The topological polar surface area (TPSA) is 87.5 Å². The molecule has 4 rings (SSSR count). The number of carbonyl (C=O) groups is 1. The number of nitrogens with one attached hydrogen (secondary N) is 1. The third-order valence-electron chi connectivity index (χ3n) is 5.09. The Morgan fingerprint density at radius 3 is 2.19 bits per heavy atom. The first-order chi connectivity index (χ1) is 17.2. The number of nitrogens with zero attached hydrogens (tertiary/aromatic N) is 3. The molecule has 0 saturated carbocycles. The Balaban J connectivity index is 1.35. The number of aromatic nitrogens is 3. The molecular formula is C25H21F3N4O4. The molecule has 1 amide bonds. The Morgan fingerprint density at radius 2 is 1.58 bits per heavy atom. The Kier molecular flexibility index (Phi) is 7.09. The van der Waals surface area contributed by atoms with Gasteiger partial charge in [0.05, 0.1) is 12.8 Å². The first-order valence-electron chi connectivity index (χ1n) is 10.7. The zero-order valence-corrected chi connectivity index (χ0v) is 19.2. The fourth-order valence-corrected chi connectivity index (χ4v) is 3.27. The molecular weight excluding hydrogens is 477 g/mol. The number of amides is 1. The highest BCUT2D eigenvalue weighted by Crippen LogP contribution is 2.25. The standard InChI is InChI=1S/C25H21F3N4O4/c1-16(17-5-11-21(34-2)12-6-17)35-24(33)30-19-7-3-18(4-8-19)23-29-15-32(31-23)20-9-13-22(14-10-20)36-25(26,27)28/h3-16H,1-2H3,(H,30,33). The van der Waals surface area contributed by atoms with Crippen LogP contribution in [0.4, 0.5) is 23.7 Å². The first kappa shape index (κ1) is 24.6. The van der Waals surface area contributed by atoms with E-state index in [4.69, 9.17) is 9.47 Å². The summed E-state index contributed by atoms with van der Waals surface area (Å²) in [6, 6.07) is 19.3. The maximum absolute atomic E-state index is 12.3. The third-order valence-corrected chi connectivity index (χ3v) is 5.09. The molecule has 0 aliphatic heterocycles. The minimum atomic E-state index is -4.76. The number of hydrogen-bond donors (Lipinski definition) is 1. The van der Waals surface area contributed by atoms with E-state index in [0.29, 0.717) is 28.5 Å². The van der Waals surface area contributed by atoms with Gasteiger partial charge in [-0.2, -0.15) is 0 Å². The number of rotatable bonds is 7. The molecule has 4 aromatic rings. The van der Waals surface area contributed by atoms with Crippen molar-refractivity contribution in [3.8, 4) is 28.6 Å². The summed E-state index contributed by atoms with van der Waals surface area (Å²) in [4.78, 5) is 16.5. The Labute approximate surface area is 204 Å². The van der Waals surface area contributed by atoms with Gasteiger partial charge in [0.25, 0.3) is 0 Å². The van der Waals surface area contributed by atoms with Crippen LogP contribution in [0.2, 0.25) is 0 Å². The molecule has 8 nitrogen and oxygen atoms in total. The molecule has 0 aliphatic rings.